The summed E-state index contributed by atoms with van der Waals surface area (Å²) in [6.07, 6.45) is 8.86. The van der Waals surface area contributed by atoms with Crippen molar-refractivity contribution in [3.05, 3.63) is 23.9 Å². The van der Waals surface area contributed by atoms with Gasteiger partial charge in [-0.25, -0.2) is 9.98 Å². The Bertz CT molecular complexity index is 758. The van der Waals surface area contributed by atoms with Gasteiger partial charge in [-0.1, -0.05) is 12.5 Å². The lowest BCUT2D eigenvalue weighted by atomic mass is 9.68. The molecule has 0 bridgehead atoms. The number of piperidine rings is 1. The zero-order valence-corrected chi connectivity index (χ0v) is 20.3. The van der Waals surface area contributed by atoms with Gasteiger partial charge >= 0.3 is 0 Å². The molecule has 4 rings (SSSR count). The summed E-state index contributed by atoms with van der Waals surface area (Å²) in [4.78, 5) is 25.8. The first-order valence-corrected chi connectivity index (χ1v) is 11.1. The highest BCUT2D eigenvalue weighted by atomic mass is 127. The highest BCUT2D eigenvalue weighted by Gasteiger charge is 2.43. The summed E-state index contributed by atoms with van der Waals surface area (Å²) in [7, 11) is 0. The lowest BCUT2D eigenvalue weighted by molar-refractivity contribution is -0.122. The van der Waals surface area contributed by atoms with Crippen LogP contribution in [0.5, 0.6) is 0 Å². The number of nitrogens with zero attached hydrogens (tertiary/aromatic N) is 4. The molecule has 166 valence electrons. The SMILES string of the molecule is CCNC(=NCc1cccnc1N1CCC(C(N)=O)CC1)N1CCC2(CCC2)C1.I. The van der Waals surface area contributed by atoms with Crippen LogP contribution in [-0.2, 0) is 11.3 Å². The lowest BCUT2D eigenvalue weighted by Gasteiger charge is -2.38. The standard InChI is InChI=1S/C22H34N6O.HI/c1-2-24-21(28-14-10-22(16-28)8-4-9-22)26-15-18-5-3-11-25-20(18)27-12-6-17(7-13-27)19(23)29;/h3,5,11,17H,2,4,6-10,12-16H2,1H3,(H2,23,29)(H,24,26);1H. The fourth-order valence-electron chi connectivity index (χ4n) is 5.00. The number of amides is 1. The molecule has 2 aliphatic heterocycles. The van der Waals surface area contributed by atoms with Crippen LogP contribution in [0.25, 0.3) is 0 Å². The average molecular weight is 526 g/mol. The molecule has 0 radical (unpaired) electrons. The highest BCUT2D eigenvalue weighted by Crippen LogP contribution is 2.47. The molecular weight excluding hydrogens is 491 g/mol. The molecule has 0 atom stereocenters. The summed E-state index contributed by atoms with van der Waals surface area (Å²) in [6.45, 7) is 7.49. The van der Waals surface area contributed by atoms with Crippen molar-refractivity contribution in [1.82, 2.24) is 15.2 Å². The smallest absolute Gasteiger partial charge is 0.220 e. The molecular formula is C22H35IN6O. The van der Waals surface area contributed by atoms with Crippen molar-refractivity contribution >= 4 is 41.7 Å². The number of pyridine rings is 1. The van der Waals surface area contributed by atoms with Gasteiger partial charge < -0.3 is 20.9 Å². The number of halogens is 1. The molecule has 7 nitrogen and oxygen atoms in total. The Balaban J connectivity index is 0.00000256. The molecule has 3 heterocycles. The van der Waals surface area contributed by atoms with Gasteiger partial charge in [-0.2, -0.15) is 0 Å². The molecule has 3 fully saturated rings. The second kappa shape index (κ2) is 10.2. The van der Waals surface area contributed by atoms with Gasteiger partial charge in [-0.05, 0) is 50.5 Å². The number of primary amides is 1. The van der Waals surface area contributed by atoms with Crippen LogP contribution in [0.4, 0.5) is 5.82 Å². The Morgan fingerprint density at radius 2 is 2.07 bits per heavy atom. The molecule has 30 heavy (non-hydrogen) atoms. The van der Waals surface area contributed by atoms with Crippen LogP contribution in [0.3, 0.4) is 0 Å². The van der Waals surface area contributed by atoms with Gasteiger partial charge in [0.25, 0.3) is 0 Å². The Kier molecular flexibility index (Phi) is 7.81. The number of anilines is 1. The molecule has 1 saturated carbocycles. The predicted molar refractivity (Wildman–Crippen MR) is 131 cm³/mol. The van der Waals surface area contributed by atoms with Gasteiger partial charge in [0, 0.05) is 50.4 Å². The largest absolute Gasteiger partial charge is 0.369 e. The first kappa shape index (κ1) is 23.1. The fourth-order valence-corrected chi connectivity index (χ4v) is 5.00. The maximum absolute atomic E-state index is 11.5. The number of aliphatic imine (C=N–C) groups is 1. The monoisotopic (exact) mass is 526 g/mol. The number of hydrogen-bond acceptors (Lipinski definition) is 4. The van der Waals surface area contributed by atoms with E-state index in [1.54, 1.807) is 0 Å². The minimum Gasteiger partial charge on any atom is -0.369 e. The minimum atomic E-state index is -0.180. The topological polar surface area (TPSA) is 86.9 Å². The van der Waals surface area contributed by atoms with E-state index in [0.29, 0.717) is 12.0 Å². The number of carbonyl (C=O) groups excluding carboxylic acids is 1. The van der Waals surface area contributed by atoms with Gasteiger partial charge in [0.1, 0.15) is 5.82 Å². The van der Waals surface area contributed by atoms with E-state index < -0.39 is 0 Å². The van der Waals surface area contributed by atoms with Crippen molar-refractivity contribution < 1.29 is 4.79 Å². The van der Waals surface area contributed by atoms with Crippen molar-refractivity contribution in [2.24, 2.45) is 22.1 Å². The van der Waals surface area contributed by atoms with Crippen LogP contribution in [0.2, 0.25) is 0 Å². The molecule has 8 heteroatoms. The Morgan fingerprint density at radius 1 is 1.30 bits per heavy atom. The maximum Gasteiger partial charge on any atom is 0.220 e. The van der Waals surface area contributed by atoms with E-state index in [9.17, 15) is 4.79 Å². The first-order chi connectivity index (χ1) is 14.1. The van der Waals surface area contributed by atoms with Crippen molar-refractivity contribution in [3.8, 4) is 0 Å². The minimum absolute atomic E-state index is 0. The molecule has 1 amide bonds. The summed E-state index contributed by atoms with van der Waals surface area (Å²) in [5, 5.41) is 3.49. The summed E-state index contributed by atoms with van der Waals surface area (Å²) < 4.78 is 0. The normalized spacial score (nSPS) is 21.3. The molecule has 1 aromatic rings. The van der Waals surface area contributed by atoms with Crippen molar-refractivity contribution in [2.45, 2.75) is 52.0 Å². The molecule has 0 aromatic carbocycles. The fraction of sp³-hybridized carbons (Fsp3) is 0.682. The van der Waals surface area contributed by atoms with E-state index >= 15 is 0 Å². The van der Waals surface area contributed by atoms with Gasteiger partial charge in [-0.3, -0.25) is 4.79 Å². The third kappa shape index (κ3) is 5.00. The van der Waals surface area contributed by atoms with Crippen LogP contribution in [0, 0.1) is 11.3 Å². The van der Waals surface area contributed by atoms with Crippen LogP contribution < -0.4 is 16.0 Å². The molecule has 1 aliphatic carbocycles. The number of carbonyl (C=O) groups is 1. The average Bonchev–Trinajstić information content (AvgIpc) is 3.18. The van der Waals surface area contributed by atoms with E-state index in [0.717, 1.165) is 62.9 Å². The zero-order chi connectivity index (χ0) is 20.3. The van der Waals surface area contributed by atoms with E-state index in [4.69, 9.17) is 10.7 Å². The Labute approximate surface area is 196 Å². The molecule has 0 unspecified atom stereocenters. The number of guanidine groups is 1. The highest BCUT2D eigenvalue weighted by molar-refractivity contribution is 14.0. The van der Waals surface area contributed by atoms with E-state index in [-0.39, 0.29) is 35.8 Å². The number of rotatable bonds is 5. The molecule has 2 saturated heterocycles. The van der Waals surface area contributed by atoms with Gasteiger partial charge in [0.15, 0.2) is 5.96 Å². The molecule has 3 aliphatic rings. The summed E-state index contributed by atoms with van der Waals surface area (Å²) in [6, 6.07) is 4.10. The van der Waals surface area contributed by atoms with E-state index in [1.165, 1.54) is 25.7 Å². The third-order valence-corrected chi connectivity index (χ3v) is 6.95. The van der Waals surface area contributed by atoms with Gasteiger partial charge in [-0.15, -0.1) is 24.0 Å². The number of nitrogens with one attached hydrogen (secondary N) is 1. The van der Waals surface area contributed by atoms with Crippen LogP contribution in [0.1, 0.15) is 51.0 Å². The lowest BCUT2D eigenvalue weighted by Crippen LogP contribution is -2.42. The number of likely N-dealkylation sites (tertiary alicyclic amines) is 1. The van der Waals surface area contributed by atoms with Gasteiger partial charge in [0.2, 0.25) is 5.91 Å². The third-order valence-electron chi connectivity index (χ3n) is 6.95. The van der Waals surface area contributed by atoms with Crippen LogP contribution >= 0.6 is 24.0 Å². The molecule has 1 aromatic heterocycles. The quantitative estimate of drug-likeness (QED) is 0.350. The van der Waals surface area contributed by atoms with Crippen molar-refractivity contribution in [2.75, 3.05) is 37.6 Å². The second-order valence-electron chi connectivity index (χ2n) is 8.85. The summed E-state index contributed by atoms with van der Waals surface area (Å²) in [5.74, 6) is 1.83. The van der Waals surface area contributed by atoms with E-state index in [1.807, 2.05) is 12.3 Å². The van der Waals surface area contributed by atoms with Crippen molar-refractivity contribution in [3.63, 3.8) is 0 Å². The first-order valence-electron chi connectivity index (χ1n) is 11.1. The summed E-state index contributed by atoms with van der Waals surface area (Å²) in [5.41, 5.74) is 7.17. The molecule has 1 spiro atoms. The Hall–Kier alpha value is -1.58. The maximum atomic E-state index is 11.5. The zero-order valence-electron chi connectivity index (χ0n) is 18.0. The number of aromatic nitrogens is 1. The van der Waals surface area contributed by atoms with Gasteiger partial charge in [0.05, 0.1) is 6.54 Å². The summed E-state index contributed by atoms with van der Waals surface area (Å²) >= 11 is 0. The number of hydrogen-bond donors (Lipinski definition) is 2. The van der Waals surface area contributed by atoms with Crippen LogP contribution in [-0.4, -0.2) is 54.5 Å². The second-order valence-corrected chi connectivity index (χ2v) is 8.85. The van der Waals surface area contributed by atoms with E-state index in [2.05, 4.69) is 33.1 Å². The Morgan fingerprint density at radius 3 is 2.67 bits per heavy atom. The predicted octanol–water partition coefficient (Wildman–Crippen LogP) is 2.74. The van der Waals surface area contributed by atoms with Crippen LogP contribution in [0.15, 0.2) is 23.3 Å². The molecule has 3 N–H and O–H groups in total. The number of nitrogens with two attached hydrogens (primary N) is 1. The van der Waals surface area contributed by atoms with Crippen molar-refractivity contribution in [1.29, 1.82) is 0 Å².